The van der Waals surface area contributed by atoms with Crippen LogP contribution in [0, 0.1) is 5.92 Å². The minimum absolute atomic E-state index is 0.0535. The topological polar surface area (TPSA) is 50.4 Å². The van der Waals surface area contributed by atoms with E-state index < -0.39 is 0 Å². The van der Waals surface area contributed by atoms with Crippen LogP contribution in [-0.4, -0.2) is 38.3 Å². The van der Waals surface area contributed by atoms with Crippen LogP contribution in [0.2, 0.25) is 0 Å². The van der Waals surface area contributed by atoms with Gasteiger partial charge in [-0.25, -0.2) is 0 Å². The van der Waals surface area contributed by atoms with Crippen LogP contribution in [0.5, 0.6) is 0 Å². The quantitative estimate of drug-likeness (QED) is 0.754. The zero-order valence-corrected chi connectivity index (χ0v) is 11.5. The Balaban J connectivity index is 1.59. The van der Waals surface area contributed by atoms with Crippen LogP contribution >= 0.6 is 0 Å². The molecular formula is C14H26N2O2. The number of carbonyl (C=O) groups is 1. The maximum Gasteiger partial charge on any atom is 0.220 e. The van der Waals surface area contributed by atoms with Crippen molar-refractivity contribution >= 4 is 5.91 Å². The second-order valence-electron chi connectivity index (χ2n) is 5.77. The van der Waals surface area contributed by atoms with E-state index in [9.17, 15) is 4.79 Å². The molecule has 0 radical (unpaired) electrons. The predicted octanol–water partition coefficient (Wildman–Crippen LogP) is 1.45. The molecule has 1 amide bonds. The van der Waals surface area contributed by atoms with E-state index in [2.05, 4.69) is 10.6 Å². The molecule has 2 rings (SSSR count). The highest BCUT2D eigenvalue weighted by atomic mass is 16.5. The lowest BCUT2D eigenvalue weighted by Gasteiger charge is -2.40. The Kier molecular flexibility index (Phi) is 5.01. The molecule has 1 heterocycles. The number of hydrogen-bond donors (Lipinski definition) is 2. The number of nitrogens with one attached hydrogen (secondary N) is 2. The van der Waals surface area contributed by atoms with Crippen molar-refractivity contribution in [3.63, 3.8) is 0 Å². The third-order valence-corrected chi connectivity index (χ3v) is 4.48. The van der Waals surface area contributed by atoms with Crippen molar-refractivity contribution in [3.8, 4) is 0 Å². The Labute approximate surface area is 110 Å². The van der Waals surface area contributed by atoms with Gasteiger partial charge in [0, 0.05) is 20.1 Å². The standard InChI is InChI=1S/C14H26N2O2/c1-18-14(7-3-8-14)11-16-13(17)6-5-12-4-2-9-15-10-12/h12,15H,2-11H2,1H3,(H,16,17). The van der Waals surface area contributed by atoms with Crippen LogP contribution in [0.15, 0.2) is 0 Å². The molecule has 18 heavy (non-hydrogen) atoms. The molecule has 1 aliphatic heterocycles. The zero-order chi connectivity index (χ0) is 12.8. The summed E-state index contributed by atoms with van der Waals surface area (Å²) in [6, 6.07) is 0. The molecule has 104 valence electrons. The Morgan fingerprint density at radius 2 is 2.28 bits per heavy atom. The van der Waals surface area contributed by atoms with E-state index >= 15 is 0 Å². The highest BCUT2D eigenvalue weighted by molar-refractivity contribution is 5.75. The number of piperidine rings is 1. The number of ether oxygens (including phenoxy) is 1. The maximum absolute atomic E-state index is 11.8. The summed E-state index contributed by atoms with van der Waals surface area (Å²) in [7, 11) is 1.75. The maximum atomic E-state index is 11.8. The summed E-state index contributed by atoms with van der Waals surface area (Å²) in [6.07, 6.45) is 7.57. The number of rotatable bonds is 6. The third-order valence-electron chi connectivity index (χ3n) is 4.48. The summed E-state index contributed by atoms with van der Waals surface area (Å²) in [6.45, 7) is 2.90. The SMILES string of the molecule is COC1(CNC(=O)CCC2CCCNC2)CCC1. The summed E-state index contributed by atoms with van der Waals surface area (Å²) in [5, 5.41) is 6.42. The predicted molar refractivity (Wildman–Crippen MR) is 71.4 cm³/mol. The van der Waals surface area contributed by atoms with Crippen LogP contribution in [-0.2, 0) is 9.53 Å². The fraction of sp³-hybridized carbons (Fsp3) is 0.929. The van der Waals surface area contributed by atoms with E-state index in [-0.39, 0.29) is 11.5 Å². The summed E-state index contributed by atoms with van der Waals surface area (Å²) in [5.41, 5.74) is -0.0535. The van der Waals surface area contributed by atoms with Crippen molar-refractivity contribution in [2.24, 2.45) is 5.92 Å². The minimum Gasteiger partial charge on any atom is -0.376 e. The van der Waals surface area contributed by atoms with Crippen molar-refractivity contribution in [2.45, 2.75) is 50.5 Å². The summed E-state index contributed by atoms with van der Waals surface area (Å²) in [4.78, 5) is 11.8. The van der Waals surface area contributed by atoms with E-state index in [1.807, 2.05) is 0 Å². The van der Waals surface area contributed by atoms with Crippen molar-refractivity contribution < 1.29 is 9.53 Å². The molecule has 1 unspecified atom stereocenters. The van der Waals surface area contributed by atoms with Crippen LogP contribution in [0.25, 0.3) is 0 Å². The molecular weight excluding hydrogens is 228 g/mol. The minimum atomic E-state index is -0.0535. The normalized spacial score (nSPS) is 26.4. The molecule has 2 aliphatic rings. The fourth-order valence-electron chi connectivity index (χ4n) is 2.88. The van der Waals surface area contributed by atoms with Gasteiger partial charge in [-0.05, 0) is 57.5 Å². The molecule has 0 bridgehead atoms. The number of amides is 1. The highest BCUT2D eigenvalue weighted by Crippen LogP contribution is 2.34. The molecule has 1 atom stereocenters. The van der Waals surface area contributed by atoms with Crippen molar-refractivity contribution in [3.05, 3.63) is 0 Å². The summed E-state index contributed by atoms with van der Waals surface area (Å²) >= 11 is 0. The van der Waals surface area contributed by atoms with Gasteiger partial charge in [-0.1, -0.05) is 0 Å². The first kappa shape index (κ1) is 13.8. The lowest BCUT2D eigenvalue weighted by atomic mass is 9.80. The molecule has 4 heteroatoms. The molecule has 1 aliphatic carbocycles. The van der Waals surface area contributed by atoms with Gasteiger partial charge >= 0.3 is 0 Å². The molecule has 2 fully saturated rings. The molecule has 1 saturated heterocycles. The number of carbonyl (C=O) groups excluding carboxylic acids is 1. The first-order valence-electron chi connectivity index (χ1n) is 7.27. The van der Waals surface area contributed by atoms with Crippen molar-refractivity contribution in [1.29, 1.82) is 0 Å². The van der Waals surface area contributed by atoms with Gasteiger partial charge in [0.05, 0.1) is 5.60 Å². The molecule has 0 aromatic heterocycles. The van der Waals surface area contributed by atoms with Crippen LogP contribution in [0.1, 0.15) is 44.9 Å². The van der Waals surface area contributed by atoms with Gasteiger partial charge in [-0.3, -0.25) is 4.79 Å². The smallest absolute Gasteiger partial charge is 0.220 e. The monoisotopic (exact) mass is 254 g/mol. The first-order valence-corrected chi connectivity index (χ1v) is 7.27. The molecule has 0 aromatic carbocycles. The second kappa shape index (κ2) is 6.53. The molecule has 0 aromatic rings. The molecule has 1 saturated carbocycles. The van der Waals surface area contributed by atoms with Gasteiger partial charge < -0.3 is 15.4 Å². The zero-order valence-electron chi connectivity index (χ0n) is 11.5. The van der Waals surface area contributed by atoms with Gasteiger partial charge in [0.15, 0.2) is 0 Å². The van der Waals surface area contributed by atoms with Gasteiger partial charge in [0.25, 0.3) is 0 Å². The second-order valence-corrected chi connectivity index (χ2v) is 5.77. The number of hydrogen-bond acceptors (Lipinski definition) is 3. The molecule has 2 N–H and O–H groups in total. The third kappa shape index (κ3) is 3.69. The lowest BCUT2D eigenvalue weighted by molar-refractivity contribution is -0.125. The van der Waals surface area contributed by atoms with E-state index in [4.69, 9.17) is 4.74 Å². The largest absolute Gasteiger partial charge is 0.376 e. The fourth-order valence-corrected chi connectivity index (χ4v) is 2.88. The lowest BCUT2D eigenvalue weighted by Crippen LogP contribution is -2.49. The van der Waals surface area contributed by atoms with Gasteiger partial charge in [0.1, 0.15) is 0 Å². The summed E-state index contributed by atoms with van der Waals surface area (Å²) < 4.78 is 5.49. The van der Waals surface area contributed by atoms with Crippen LogP contribution in [0.3, 0.4) is 0 Å². The van der Waals surface area contributed by atoms with Crippen molar-refractivity contribution in [2.75, 3.05) is 26.7 Å². The average molecular weight is 254 g/mol. The Hall–Kier alpha value is -0.610. The van der Waals surface area contributed by atoms with Gasteiger partial charge in [0.2, 0.25) is 5.91 Å². The van der Waals surface area contributed by atoms with Crippen LogP contribution < -0.4 is 10.6 Å². The first-order chi connectivity index (χ1) is 8.74. The van der Waals surface area contributed by atoms with E-state index in [1.54, 1.807) is 7.11 Å². The Morgan fingerprint density at radius 3 is 2.83 bits per heavy atom. The molecule has 0 spiro atoms. The summed E-state index contributed by atoms with van der Waals surface area (Å²) in [5.74, 6) is 0.869. The average Bonchev–Trinajstić information content (AvgIpc) is 2.37. The van der Waals surface area contributed by atoms with Gasteiger partial charge in [-0.15, -0.1) is 0 Å². The Bertz CT molecular complexity index is 265. The van der Waals surface area contributed by atoms with Crippen LogP contribution in [0.4, 0.5) is 0 Å². The van der Waals surface area contributed by atoms with Crippen molar-refractivity contribution in [1.82, 2.24) is 10.6 Å². The van der Waals surface area contributed by atoms with Gasteiger partial charge in [-0.2, -0.15) is 0 Å². The highest BCUT2D eigenvalue weighted by Gasteiger charge is 2.37. The molecule has 4 nitrogen and oxygen atoms in total. The number of methoxy groups -OCH3 is 1. The van der Waals surface area contributed by atoms with E-state index in [1.165, 1.54) is 19.3 Å². The van der Waals surface area contributed by atoms with E-state index in [0.717, 1.165) is 32.4 Å². The van der Waals surface area contributed by atoms with E-state index in [0.29, 0.717) is 18.9 Å². The Morgan fingerprint density at radius 1 is 1.44 bits per heavy atom.